The molecule has 39 heavy (non-hydrogen) atoms. The van der Waals surface area contributed by atoms with E-state index in [2.05, 4.69) is 77.1 Å². The average Bonchev–Trinajstić information content (AvgIpc) is 3.19. The molecule has 0 saturated carbocycles. The molecule has 1 N–H and O–H groups in total. The van der Waals surface area contributed by atoms with Gasteiger partial charge in [0.25, 0.3) is 0 Å². The fourth-order valence-corrected chi connectivity index (χ4v) is 5.62. The van der Waals surface area contributed by atoms with Crippen LogP contribution in [0.25, 0.3) is 44.1 Å². The van der Waals surface area contributed by atoms with Crippen LogP contribution in [0, 0.1) is 18.9 Å². The third kappa shape index (κ3) is 5.18. The average molecular weight is 697 g/mol. The second-order valence-corrected chi connectivity index (χ2v) is 11.4. The van der Waals surface area contributed by atoms with E-state index in [0.717, 1.165) is 39.7 Å². The van der Waals surface area contributed by atoms with Crippen LogP contribution in [0.5, 0.6) is 0 Å². The Hall–Kier alpha value is -3.27. The zero-order valence-electron chi connectivity index (χ0n) is 23.5. The fourth-order valence-electron chi connectivity index (χ4n) is 5.62. The molecule has 0 bridgehead atoms. The Bertz CT molecular complexity index is 1750. The Labute approximate surface area is 243 Å². The number of pyridine rings is 1. The molecule has 5 aromatic rings. The molecular formula is C34H34IrNO3-. The van der Waals surface area contributed by atoms with Crippen molar-refractivity contribution >= 4 is 38.6 Å². The maximum absolute atomic E-state index is 10.0. The van der Waals surface area contributed by atoms with Crippen molar-refractivity contribution < 1.29 is 34.4 Å². The molecule has 1 radical (unpaired) electrons. The van der Waals surface area contributed by atoms with Crippen molar-refractivity contribution in [1.29, 1.82) is 0 Å². The summed E-state index contributed by atoms with van der Waals surface area (Å²) in [5.74, 6) is 0.506. The van der Waals surface area contributed by atoms with Crippen LogP contribution in [-0.4, -0.2) is 15.9 Å². The van der Waals surface area contributed by atoms with Crippen LogP contribution in [0.15, 0.2) is 64.8 Å². The number of aryl methyl sites for hydroxylation is 1. The first-order chi connectivity index (χ1) is 18.0. The van der Waals surface area contributed by atoms with Crippen molar-refractivity contribution in [3.05, 3.63) is 88.7 Å². The van der Waals surface area contributed by atoms with Gasteiger partial charge in [0.2, 0.25) is 0 Å². The number of carbonyl (C=O) groups is 1. The molecule has 203 valence electrons. The van der Waals surface area contributed by atoms with E-state index in [1.54, 1.807) is 0 Å². The van der Waals surface area contributed by atoms with Gasteiger partial charge in [-0.15, -0.1) is 17.7 Å². The molecule has 2 aromatic heterocycles. The van der Waals surface area contributed by atoms with E-state index < -0.39 is 0 Å². The third-order valence-corrected chi connectivity index (χ3v) is 7.25. The van der Waals surface area contributed by atoms with Crippen molar-refractivity contribution in [3.63, 3.8) is 0 Å². The third-order valence-electron chi connectivity index (χ3n) is 7.25. The predicted molar refractivity (Wildman–Crippen MR) is 156 cm³/mol. The molecule has 3 aromatic carbocycles. The number of fused-ring (bicyclic) bond motifs is 3. The predicted octanol–water partition coefficient (Wildman–Crippen LogP) is 8.78. The minimum atomic E-state index is -0.210. The first kappa shape index (κ1) is 28.7. The number of ketones is 1. The Morgan fingerprint density at radius 3 is 2.46 bits per heavy atom. The van der Waals surface area contributed by atoms with E-state index in [4.69, 9.17) is 14.5 Å². The van der Waals surface area contributed by atoms with Gasteiger partial charge in [0.15, 0.2) is 5.78 Å². The number of carbonyl (C=O) groups excluding carboxylic acids is 1. The van der Waals surface area contributed by atoms with Gasteiger partial charge in [-0.2, -0.15) is 0 Å². The molecule has 0 unspecified atom stereocenters. The molecule has 1 aliphatic carbocycles. The first-order valence-electron chi connectivity index (χ1n) is 13.2. The summed E-state index contributed by atoms with van der Waals surface area (Å²) < 4.78 is 6.51. The van der Waals surface area contributed by atoms with Crippen LogP contribution in [0.4, 0.5) is 0 Å². The molecule has 0 saturated heterocycles. The summed E-state index contributed by atoms with van der Waals surface area (Å²) in [6.07, 6.45) is 2.17. The van der Waals surface area contributed by atoms with Crippen LogP contribution in [-0.2, 0) is 36.7 Å². The molecule has 0 aliphatic heterocycles. The maximum Gasteiger partial charge on any atom is 0.155 e. The molecule has 1 aliphatic rings. The van der Waals surface area contributed by atoms with E-state index in [1.165, 1.54) is 52.9 Å². The quantitative estimate of drug-likeness (QED) is 0.116. The first-order valence-corrected chi connectivity index (χ1v) is 13.2. The van der Waals surface area contributed by atoms with Gasteiger partial charge < -0.3 is 9.52 Å². The van der Waals surface area contributed by atoms with Crippen LogP contribution < -0.4 is 0 Å². The summed E-state index contributed by atoms with van der Waals surface area (Å²) in [6.45, 7) is 14.1. The number of nitrogens with zero attached hydrogens (tertiary/aromatic N) is 1. The zero-order valence-corrected chi connectivity index (χ0v) is 25.9. The van der Waals surface area contributed by atoms with Crippen molar-refractivity contribution in [3.8, 4) is 11.3 Å². The van der Waals surface area contributed by atoms with Gasteiger partial charge in [-0.05, 0) is 72.8 Å². The number of furan rings is 1. The topological polar surface area (TPSA) is 63.3 Å². The SMILES string of the molecule is CC(=O)/C=C(/C)O.Cc1ccc2nc3c(cc2c1)C(C)(C)c1ccc(CC(C)C)c2oc4cc[c-]c-3c4c12.[Ir]. The minimum absolute atomic E-state index is 0. The van der Waals surface area contributed by atoms with Gasteiger partial charge >= 0.3 is 0 Å². The number of rotatable bonds is 3. The van der Waals surface area contributed by atoms with Gasteiger partial charge in [0.05, 0.1) is 16.9 Å². The summed E-state index contributed by atoms with van der Waals surface area (Å²) in [5, 5.41) is 12.0. The van der Waals surface area contributed by atoms with E-state index >= 15 is 0 Å². The molecule has 6 rings (SSSR count). The normalized spacial score (nSPS) is 13.7. The van der Waals surface area contributed by atoms with Crippen molar-refractivity contribution in [1.82, 2.24) is 4.98 Å². The van der Waals surface area contributed by atoms with Crippen LogP contribution >= 0.6 is 0 Å². The van der Waals surface area contributed by atoms with Gasteiger partial charge in [0.1, 0.15) is 5.58 Å². The number of hydrogen-bond acceptors (Lipinski definition) is 4. The van der Waals surface area contributed by atoms with E-state index in [-0.39, 0.29) is 37.1 Å². The standard InChI is InChI=1S/C29H26NO.C5H8O2.Ir/c1-16(2)13-18-10-11-21-26-25-20(7-6-8-24(25)31-28(18)26)27-22(29(21,4)5)15-19-14-17(3)9-12-23(19)30-27;1-4(6)3-5(2)7;/h6,8-12,14-16H,13H2,1-5H3;3,6H,1-2H3;/q-1;;/b;4-3-;. The summed E-state index contributed by atoms with van der Waals surface area (Å²) in [7, 11) is 0. The Kier molecular flexibility index (Phi) is 7.89. The largest absolute Gasteiger partial charge is 0.512 e. The Morgan fingerprint density at radius 1 is 1.08 bits per heavy atom. The van der Waals surface area contributed by atoms with Crippen molar-refractivity contribution in [2.45, 2.75) is 60.3 Å². The Morgan fingerprint density at radius 2 is 1.82 bits per heavy atom. The van der Waals surface area contributed by atoms with Crippen LogP contribution in [0.2, 0.25) is 0 Å². The second kappa shape index (κ2) is 10.7. The number of benzene rings is 3. The molecule has 0 fully saturated rings. The number of aromatic nitrogens is 1. The smallest absolute Gasteiger partial charge is 0.155 e. The maximum atomic E-state index is 10.0. The van der Waals surface area contributed by atoms with Crippen molar-refractivity contribution in [2.75, 3.05) is 0 Å². The van der Waals surface area contributed by atoms with Gasteiger partial charge in [0, 0.05) is 31.6 Å². The number of hydrogen-bond donors (Lipinski definition) is 1. The molecular weight excluding hydrogens is 663 g/mol. The number of aliphatic hydroxyl groups excluding tert-OH is 1. The van der Waals surface area contributed by atoms with Gasteiger partial charge in [-0.3, -0.25) is 9.78 Å². The fraction of sp³-hybridized carbons (Fsp3) is 0.294. The number of aliphatic hydroxyl groups is 1. The zero-order chi connectivity index (χ0) is 27.4. The van der Waals surface area contributed by atoms with E-state index in [0.29, 0.717) is 5.92 Å². The van der Waals surface area contributed by atoms with E-state index in [9.17, 15) is 4.79 Å². The summed E-state index contributed by atoms with van der Waals surface area (Å²) in [5.41, 5.74) is 9.95. The molecule has 2 heterocycles. The molecule has 0 atom stereocenters. The molecule has 0 amide bonds. The summed E-state index contributed by atoms with van der Waals surface area (Å²) in [6, 6.07) is 21.0. The number of allylic oxidation sites excluding steroid dienone is 2. The second-order valence-electron chi connectivity index (χ2n) is 11.4. The van der Waals surface area contributed by atoms with E-state index in [1.807, 2.05) is 12.1 Å². The van der Waals surface area contributed by atoms with Gasteiger partial charge in [-0.1, -0.05) is 74.5 Å². The monoisotopic (exact) mass is 697 g/mol. The summed E-state index contributed by atoms with van der Waals surface area (Å²) in [4.78, 5) is 15.2. The molecule has 0 spiro atoms. The van der Waals surface area contributed by atoms with Crippen LogP contribution in [0.1, 0.15) is 63.8 Å². The summed E-state index contributed by atoms with van der Waals surface area (Å²) >= 11 is 0. The Balaban J connectivity index is 0.000000394. The van der Waals surface area contributed by atoms with Crippen LogP contribution in [0.3, 0.4) is 0 Å². The molecule has 4 nitrogen and oxygen atoms in total. The molecule has 5 heteroatoms. The van der Waals surface area contributed by atoms with Crippen molar-refractivity contribution in [2.24, 2.45) is 5.92 Å². The minimum Gasteiger partial charge on any atom is -0.512 e. The van der Waals surface area contributed by atoms with Gasteiger partial charge in [-0.25, -0.2) is 0 Å².